The lowest BCUT2D eigenvalue weighted by Crippen LogP contribution is -2.51. The number of amides is 2. The predicted molar refractivity (Wildman–Crippen MR) is 77.9 cm³/mol. The number of halogens is 1. The van der Waals surface area contributed by atoms with Crippen molar-refractivity contribution in [3.05, 3.63) is 20.8 Å². The van der Waals surface area contributed by atoms with Crippen LogP contribution in [0.2, 0.25) is 0 Å². The van der Waals surface area contributed by atoms with Crippen LogP contribution >= 0.6 is 27.3 Å². The maximum absolute atomic E-state index is 12.1. The van der Waals surface area contributed by atoms with Crippen molar-refractivity contribution in [1.29, 1.82) is 0 Å². The number of thiophene rings is 1. The highest BCUT2D eigenvalue weighted by Gasteiger charge is 2.26. The summed E-state index contributed by atoms with van der Waals surface area (Å²) in [5.74, 6) is -0.842. The van der Waals surface area contributed by atoms with Crippen molar-refractivity contribution in [1.82, 2.24) is 15.1 Å². The maximum Gasteiger partial charge on any atom is 0.312 e. The number of nitrogens with one attached hydrogen (secondary N) is 1. The number of carbonyl (C=O) groups excluding carboxylic acids is 2. The van der Waals surface area contributed by atoms with Crippen LogP contribution in [0.15, 0.2) is 15.9 Å². The summed E-state index contributed by atoms with van der Waals surface area (Å²) in [6.07, 6.45) is 0. The third-order valence-electron chi connectivity index (χ3n) is 2.95. The van der Waals surface area contributed by atoms with Crippen molar-refractivity contribution in [3.63, 3.8) is 0 Å². The molecule has 104 valence electrons. The van der Waals surface area contributed by atoms with Gasteiger partial charge in [0.1, 0.15) is 0 Å². The average Bonchev–Trinajstić information content (AvgIpc) is 2.83. The first-order chi connectivity index (χ1) is 9.08. The smallest absolute Gasteiger partial charge is 0.312 e. The van der Waals surface area contributed by atoms with Crippen LogP contribution in [-0.4, -0.2) is 54.8 Å². The Hall–Kier alpha value is -0.920. The van der Waals surface area contributed by atoms with Crippen molar-refractivity contribution in [2.24, 2.45) is 0 Å². The molecular weight excluding hydrogens is 330 g/mol. The molecule has 19 heavy (non-hydrogen) atoms. The molecule has 0 atom stereocenters. The molecule has 0 spiro atoms. The summed E-state index contributed by atoms with van der Waals surface area (Å²) in [6.45, 7) is 3.17. The van der Waals surface area contributed by atoms with Gasteiger partial charge in [-0.05, 0) is 22.0 Å². The average molecular weight is 346 g/mol. The van der Waals surface area contributed by atoms with Gasteiger partial charge in [0, 0.05) is 48.0 Å². The third kappa shape index (κ3) is 3.77. The zero-order valence-electron chi connectivity index (χ0n) is 10.7. The Morgan fingerprint density at radius 2 is 2.16 bits per heavy atom. The third-order valence-corrected chi connectivity index (χ3v) is 4.63. The van der Waals surface area contributed by atoms with Crippen LogP contribution in [0.1, 0.15) is 4.88 Å². The Labute approximate surface area is 124 Å². The van der Waals surface area contributed by atoms with Gasteiger partial charge < -0.3 is 15.1 Å². The van der Waals surface area contributed by atoms with Gasteiger partial charge in [-0.3, -0.25) is 9.59 Å². The first-order valence-corrected chi connectivity index (χ1v) is 7.73. The Kier molecular flexibility index (Phi) is 4.95. The molecule has 2 rings (SSSR count). The molecule has 1 aromatic rings. The van der Waals surface area contributed by atoms with Gasteiger partial charge in [0.2, 0.25) is 0 Å². The molecule has 0 saturated carbocycles. The predicted octanol–water partition coefficient (Wildman–Crippen LogP) is 0.901. The summed E-state index contributed by atoms with van der Waals surface area (Å²) in [7, 11) is 1.66. The fraction of sp³-hybridized carbons (Fsp3) is 0.500. The summed E-state index contributed by atoms with van der Waals surface area (Å²) < 4.78 is 1.00. The van der Waals surface area contributed by atoms with Crippen molar-refractivity contribution in [3.8, 4) is 0 Å². The molecule has 2 heterocycles. The van der Waals surface area contributed by atoms with Gasteiger partial charge in [0.25, 0.3) is 0 Å². The van der Waals surface area contributed by atoms with Crippen molar-refractivity contribution in [2.45, 2.75) is 6.54 Å². The summed E-state index contributed by atoms with van der Waals surface area (Å²) in [5.41, 5.74) is 0. The van der Waals surface area contributed by atoms with Gasteiger partial charge in [-0.1, -0.05) is 0 Å². The van der Waals surface area contributed by atoms with Crippen molar-refractivity contribution < 1.29 is 9.59 Å². The van der Waals surface area contributed by atoms with E-state index >= 15 is 0 Å². The van der Waals surface area contributed by atoms with Crippen LogP contribution in [0.5, 0.6) is 0 Å². The van der Waals surface area contributed by atoms with Gasteiger partial charge in [-0.25, -0.2) is 0 Å². The van der Waals surface area contributed by atoms with E-state index in [2.05, 4.69) is 21.2 Å². The second-order valence-corrected chi connectivity index (χ2v) is 6.35. The van der Waals surface area contributed by atoms with Crippen molar-refractivity contribution in [2.75, 3.05) is 33.2 Å². The van der Waals surface area contributed by atoms with Crippen LogP contribution in [0.4, 0.5) is 0 Å². The van der Waals surface area contributed by atoms with Gasteiger partial charge in [0.15, 0.2) is 0 Å². The number of carbonyl (C=O) groups is 2. The molecule has 1 N–H and O–H groups in total. The van der Waals surface area contributed by atoms with Gasteiger partial charge in [0.05, 0.1) is 6.54 Å². The minimum absolute atomic E-state index is 0.403. The van der Waals surface area contributed by atoms with Gasteiger partial charge >= 0.3 is 11.8 Å². The highest BCUT2D eigenvalue weighted by molar-refractivity contribution is 9.10. The fourth-order valence-corrected chi connectivity index (χ4v) is 3.41. The summed E-state index contributed by atoms with van der Waals surface area (Å²) >= 11 is 4.94. The molecule has 1 fully saturated rings. The molecular formula is C12H16BrN3O2S. The largest absolute Gasteiger partial charge is 0.332 e. The molecule has 1 aromatic heterocycles. The number of piperazine rings is 1. The lowest BCUT2D eigenvalue weighted by atomic mass is 10.3. The zero-order chi connectivity index (χ0) is 13.8. The first kappa shape index (κ1) is 14.5. The Balaban J connectivity index is 1.92. The molecule has 1 saturated heterocycles. The second-order valence-electron chi connectivity index (χ2n) is 4.43. The van der Waals surface area contributed by atoms with E-state index in [4.69, 9.17) is 0 Å². The van der Waals surface area contributed by atoms with E-state index in [-0.39, 0.29) is 0 Å². The van der Waals surface area contributed by atoms with E-state index in [0.717, 1.165) is 22.4 Å². The highest BCUT2D eigenvalue weighted by atomic mass is 79.9. The van der Waals surface area contributed by atoms with Gasteiger partial charge in [-0.2, -0.15) is 0 Å². The number of rotatable bonds is 2. The monoisotopic (exact) mass is 345 g/mol. The number of nitrogens with zero attached hydrogens (tertiary/aromatic N) is 2. The van der Waals surface area contributed by atoms with E-state index in [9.17, 15) is 9.59 Å². The summed E-state index contributed by atoms with van der Waals surface area (Å²) in [6, 6.07) is 1.96. The van der Waals surface area contributed by atoms with E-state index in [0.29, 0.717) is 19.6 Å². The fourth-order valence-electron chi connectivity index (χ4n) is 1.91. The molecule has 7 heteroatoms. The van der Waals surface area contributed by atoms with E-state index in [1.54, 1.807) is 23.3 Å². The molecule has 1 aliphatic rings. The van der Waals surface area contributed by atoms with Crippen LogP contribution in [0.3, 0.4) is 0 Å². The Bertz CT molecular complexity index is 471. The highest BCUT2D eigenvalue weighted by Crippen LogP contribution is 2.20. The molecule has 0 aromatic carbocycles. The van der Waals surface area contributed by atoms with Crippen LogP contribution in [0, 0.1) is 0 Å². The lowest BCUT2D eigenvalue weighted by molar-refractivity contribution is -0.151. The molecule has 1 aliphatic heterocycles. The second kappa shape index (κ2) is 6.49. The molecule has 0 bridgehead atoms. The number of hydrogen-bond acceptors (Lipinski definition) is 4. The quantitative estimate of drug-likeness (QED) is 0.810. The molecule has 5 nitrogen and oxygen atoms in total. The zero-order valence-corrected chi connectivity index (χ0v) is 13.1. The SMILES string of the molecule is CN(Cc1cc(Br)cs1)C(=O)C(=O)N1CCNCC1. The lowest BCUT2D eigenvalue weighted by Gasteiger charge is -2.28. The normalized spacial score (nSPS) is 15.4. The summed E-state index contributed by atoms with van der Waals surface area (Å²) in [4.78, 5) is 28.2. The topological polar surface area (TPSA) is 52.7 Å². The molecule has 0 aliphatic carbocycles. The Morgan fingerprint density at radius 3 is 2.74 bits per heavy atom. The molecule has 0 unspecified atom stereocenters. The Morgan fingerprint density at radius 1 is 1.47 bits per heavy atom. The standard InChI is InChI=1S/C12H16BrN3O2S/c1-15(7-10-6-9(13)8-19-10)11(17)12(18)16-4-2-14-3-5-16/h6,8,14H,2-5,7H2,1H3. The molecule has 0 radical (unpaired) electrons. The van der Waals surface area contributed by atoms with Crippen molar-refractivity contribution >= 4 is 39.1 Å². The van der Waals surface area contributed by atoms with Gasteiger partial charge in [-0.15, -0.1) is 11.3 Å². The minimum atomic E-state index is -0.438. The maximum atomic E-state index is 12.1. The minimum Gasteiger partial charge on any atom is -0.332 e. The number of hydrogen-bond donors (Lipinski definition) is 1. The number of likely N-dealkylation sites (N-methyl/N-ethyl adjacent to an activating group) is 1. The van der Waals surface area contributed by atoms with E-state index < -0.39 is 11.8 Å². The van der Waals surface area contributed by atoms with Crippen LogP contribution < -0.4 is 5.32 Å². The van der Waals surface area contributed by atoms with Crippen LogP contribution in [-0.2, 0) is 16.1 Å². The summed E-state index contributed by atoms with van der Waals surface area (Å²) in [5, 5.41) is 5.12. The van der Waals surface area contributed by atoms with Crippen LogP contribution in [0.25, 0.3) is 0 Å². The van der Waals surface area contributed by atoms with E-state index in [1.165, 1.54) is 4.90 Å². The first-order valence-electron chi connectivity index (χ1n) is 6.06. The molecule has 2 amide bonds. The van der Waals surface area contributed by atoms with E-state index in [1.807, 2.05) is 11.4 Å².